The van der Waals surface area contributed by atoms with Gasteiger partial charge in [0.25, 0.3) is 0 Å². The molecule has 0 fully saturated rings. The van der Waals surface area contributed by atoms with E-state index in [-0.39, 0.29) is 5.41 Å². The summed E-state index contributed by atoms with van der Waals surface area (Å²) in [5.41, 5.74) is 20.4. The molecular weight excluding hydrogens is 691 g/mol. The van der Waals surface area contributed by atoms with Crippen molar-refractivity contribution in [1.82, 2.24) is 0 Å². The second-order valence-electron chi connectivity index (χ2n) is 16.1. The van der Waals surface area contributed by atoms with E-state index in [0.717, 1.165) is 50.1 Å². The molecule has 2 aliphatic rings. The molecule has 57 heavy (non-hydrogen) atoms. The van der Waals surface area contributed by atoms with Crippen molar-refractivity contribution >= 4 is 49.8 Å². The normalized spacial score (nSPS) is 13.2. The largest absolute Gasteiger partial charge is 0.455 e. The quantitative estimate of drug-likeness (QED) is 0.175. The minimum absolute atomic E-state index is 0.0646. The molecule has 9 aromatic carbocycles. The average molecular weight is 728 g/mol. The van der Waals surface area contributed by atoms with Crippen molar-refractivity contribution in [2.45, 2.75) is 19.3 Å². The van der Waals surface area contributed by atoms with Crippen LogP contribution in [-0.4, -0.2) is 0 Å². The molecule has 0 radical (unpaired) electrons. The first-order valence-corrected chi connectivity index (χ1v) is 19.8. The van der Waals surface area contributed by atoms with E-state index >= 15 is 0 Å². The van der Waals surface area contributed by atoms with E-state index in [1.54, 1.807) is 0 Å². The van der Waals surface area contributed by atoms with Gasteiger partial charge in [-0.1, -0.05) is 159 Å². The van der Waals surface area contributed by atoms with E-state index < -0.39 is 0 Å². The zero-order valence-electron chi connectivity index (χ0n) is 31.8. The van der Waals surface area contributed by atoms with Crippen LogP contribution in [0.2, 0.25) is 0 Å². The van der Waals surface area contributed by atoms with Crippen molar-refractivity contribution in [3.8, 4) is 55.6 Å². The molecule has 0 bridgehead atoms. The molecule has 2 aliphatic carbocycles. The summed E-state index contributed by atoms with van der Waals surface area (Å²) in [6, 6.07) is 68.9. The van der Waals surface area contributed by atoms with Gasteiger partial charge in [0.1, 0.15) is 11.2 Å². The third kappa shape index (κ3) is 4.65. The Morgan fingerprint density at radius 1 is 0.404 bits per heavy atom. The topological polar surface area (TPSA) is 16.4 Å². The number of benzene rings is 9. The number of nitrogens with zero attached hydrogens (tertiary/aromatic N) is 1. The van der Waals surface area contributed by atoms with Crippen LogP contribution in [0.25, 0.3) is 88.3 Å². The van der Waals surface area contributed by atoms with Crippen LogP contribution in [0.15, 0.2) is 192 Å². The number of furan rings is 1. The molecule has 268 valence electrons. The molecule has 1 heterocycles. The van der Waals surface area contributed by atoms with E-state index in [4.69, 9.17) is 4.42 Å². The Hall–Kier alpha value is -7.16. The Labute approximate surface area is 331 Å². The number of rotatable bonds is 5. The molecule has 0 N–H and O–H groups in total. The Morgan fingerprint density at radius 3 is 1.91 bits per heavy atom. The lowest BCUT2D eigenvalue weighted by atomic mass is 9.82. The number of hydrogen-bond acceptors (Lipinski definition) is 2. The molecule has 10 aromatic rings. The average Bonchev–Trinajstić information content (AvgIpc) is 3.88. The Morgan fingerprint density at radius 2 is 1.04 bits per heavy atom. The second kappa shape index (κ2) is 11.9. The zero-order chi connectivity index (χ0) is 37.8. The summed E-state index contributed by atoms with van der Waals surface area (Å²) in [7, 11) is 0. The fourth-order valence-electron chi connectivity index (χ4n) is 9.94. The van der Waals surface area contributed by atoms with Crippen molar-refractivity contribution in [2.75, 3.05) is 4.90 Å². The number of anilines is 3. The van der Waals surface area contributed by atoms with Crippen LogP contribution in [0.3, 0.4) is 0 Å². The van der Waals surface area contributed by atoms with Gasteiger partial charge in [-0.05, 0) is 114 Å². The standard InChI is InChI=1S/C55H37NO/c1-55(2)49-23-5-3-17-47(49)53-40(18-11-24-50(53)55)36-14-7-15-38(32-36)56(39-30-31-42-44-20-8-12-35-13-9-21-45(52(35)44)48(42)33-39)37-28-26-34(27-29-37)41-19-10-22-46-43-16-4-6-25-51(43)57-54(41)46/h3-33H,1-2H3. The highest BCUT2D eigenvalue weighted by molar-refractivity contribution is 6.16. The fraction of sp³-hybridized carbons (Fsp3) is 0.0545. The van der Waals surface area contributed by atoms with Gasteiger partial charge in [-0.3, -0.25) is 0 Å². The predicted octanol–water partition coefficient (Wildman–Crippen LogP) is 15.5. The monoisotopic (exact) mass is 727 g/mol. The minimum atomic E-state index is -0.0646. The van der Waals surface area contributed by atoms with Crippen LogP contribution in [0, 0.1) is 0 Å². The van der Waals surface area contributed by atoms with Gasteiger partial charge in [0.05, 0.1) is 0 Å². The summed E-state index contributed by atoms with van der Waals surface area (Å²) >= 11 is 0. The molecule has 0 amide bonds. The Balaban J connectivity index is 1.03. The summed E-state index contributed by atoms with van der Waals surface area (Å²) in [6.07, 6.45) is 0. The minimum Gasteiger partial charge on any atom is -0.455 e. The van der Waals surface area contributed by atoms with Crippen molar-refractivity contribution in [1.29, 1.82) is 0 Å². The molecule has 12 rings (SSSR count). The van der Waals surface area contributed by atoms with E-state index in [1.165, 1.54) is 66.4 Å². The summed E-state index contributed by atoms with van der Waals surface area (Å²) in [4.78, 5) is 2.42. The van der Waals surface area contributed by atoms with Gasteiger partial charge in [-0.25, -0.2) is 0 Å². The van der Waals surface area contributed by atoms with Crippen molar-refractivity contribution in [3.63, 3.8) is 0 Å². The third-order valence-corrected chi connectivity index (χ3v) is 12.6. The van der Waals surface area contributed by atoms with E-state index in [9.17, 15) is 0 Å². The van der Waals surface area contributed by atoms with Gasteiger partial charge in [0.15, 0.2) is 0 Å². The van der Waals surface area contributed by atoms with Gasteiger partial charge in [-0.2, -0.15) is 0 Å². The van der Waals surface area contributed by atoms with Gasteiger partial charge in [0.2, 0.25) is 0 Å². The number of para-hydroxylation sites is 2. The molecular formula is C55H37NO. The van der Waals surface area contributed by atoms with Crippen LogP contribution in [0.5, 0.6) is 0 Å². The molecule has 0 atom stereocenters. The first kappa shape index (κ1) is 32.1. The summed E-state index contributed by atoms with van der Waals surface area (Å²) in [5, 5.41) is 4.90. The van der Waals surface area contributed by atoms with Gasteiger partial charge < -0.3 is 9.32 Å². The maximum atomic E-state index is 6.46. The maximum absolute atomic E-state index is 6.46. The van der Waals surface area contributed by atoms with E-state index in [0.29, 0.717) is 0 Å². The van der Waals surface area contributed by atoms with E-state index in [2.05, 4.69) is 195 Å². The first-order valence-electron chi connectivity index (χ1n) is 19.8. The maximum Gasteiger partial charge on any atom is 0.143 e. The molecule has 0 spiro atoms. The van der Waals surface area contributed by atoms with Crippen molar-refractivity contribution < 1.29 is 4.42 Å². The zero-order valence-corrected chi connectivity index (χ0v) is 31.8. The molecule has 0 saturated heterocycles. The Kier molecular flexibility index (Phi) is 6.72. The van der Waals surface area contributed by atoms with Crippen LogP contribution < -0.4 is 4.90 Å². The number of hydrogen-bond donors (Lipinski definition) is 0. The van der Waals surface area contributed by atoms with Crippen LogP contribution in [0.1, 0.15) is 25.0 Å². The highest BCUT2D eigenvalue weighted by Crippen LogP contribution is 2.53. The van der Waals surface area contributed by atoms with Gasteiger partial charge >= 0.3 is 0 Å². The second-order valence-corrected chi connectivity index (χ2v) is 16.1. The van der Waals surface area contributed by atoms with E-state index in [1.807, 2.05) is 12.1 Å². The summed E-state index contributed by atoms with van der Waals surface area (Å²) in [6.45, 7) is 4.70. The predicted molar refractivity (Wildman–Crippen MR) is 239 cm³/mol. The lowest BCUT2D eigenvalue weighted by Crippen LogP contribution is -2.14. The SMILES string of the molecule is CC1(C)c2ccccc2-c2c(-c3cccc(N(c4ccc(-c5cccc6c5oc5ccccc56)cc4)c4ccc5c(c4)-c4cccc6cccc-5c46)c3)cccc21. The van der Waals surface area contributed by atoms with Crippen LogP contribution in [-0.2, 0) is 5.41 Å². The lowest BCUT2D eigenvalue weighted by molar-refractivity contribution is 0.660. The molecule has 0 unspecified atom stereocenters. The molecule has 2 heteroatoms. The Bertz CT molecular complexity index is 3270. The van der Waals surface area contributed by atoms with Gasteiger partial charge in [-0.15, -0.1) is 0 Å². The van der Waals surface area contributed by atoms with Crippen LogP contribution >= 0.6 is 0 Å². The van der Waals surface area contributed by atoms with Crippen molar-refractivity contribution in [2.24, 2.45) is 0 Å². The highest BCUT2D eigenvalue weighted by atomic mass is 16.3. The lowest BCUT2D eigenvalue weighted by Gasteiger charge is -2.27. The summed E-state index contributed by atoms with van der Waals surface area (Å²) in [5.74, 6) is 0. The number of fused-ring (bicyclic) bond motifs is 9. The summed E-state index contributed by atoms with van der Waals surface area (Å²) < 4.78 is 6.46. The smallest absolute Gasteiger partial charge is 0.143 e. The molecule has 2 nitrogen and oxygen atoms in total. The first-order chi connectivity index (χ1) is 28.0. The highest BCUT2D eigenvalue weighted by Gasteiger charge is 2.36. The van der Waals surface area contributed by atoms with Gasteiger partial charge in [0, 0.05) is 38.8 Å². The molecule has 0 saturated carbocycles. The fourth-order valence-corrected chi connectivity index (χ4v) is 9.94. The molecule has 0 aliphatic heterocycles. The molecule has 1 aromatic heterocycles. The van der Waals surface area contributed by atoms with Crippen LogP contribution in [0.4, 0.5) is 17.1 Å². The third-order valence-electron chi connectivity index (χ3n) is 12.6. The van der Waals surface area contributed by atoms with Crippen molar-refractivity contribution in [3.05, 3.63) is 199 Å².